The fraction of sp³-hybridized carbons (Fsp3) is 0.143. The van der Waals surface area contributed by atoms with Gasteiger partial charge in [-0.15, -0.1) is 10.2 Å². The molecule has 3 rings (SSSR count). The third-order valence-electron chi connectivity index (χ3n) is 2.90. The summed E-state index contributed by atoms with van der Waals surface area (Å²) in [5, 5.41) is 7.87. The molecule has 2 aromatic rings. The summed E-state index contributed by atoms with van der Waals surface area (Å²) in [6.07, 6.45) is 1.17. The van der Waals surface area contributed by atoms with Crippen LogP contribution in [0.5, 0.6) is 0 Å². The summed E-state index contributed by atoms with van der Waals surface area (Å²) in [5.74, 6) is -0.0939. The Morgan fingerprint density at radius 2 is 2.05 bits per heavy atom. The van der Waals surface area contributed by atoms with Crippen LogP contribution in [0.1, 0.15) is 6.92 Å². The van der Waals surface area contributed by atoms with Gasteiger partial charge < -0.3 is 4.74 Å². The maximum absolute atomic E-state index is 12.2. The molecule has 0 saturated carbocycles. The number of hydrogen-bond acceptors (Lipinski definition) is 6. The summed E-state index contributed by atoms with van der Waals surface area (Å²) in [4.78, 5) is 24.3. The molecule has 1 aromatic carbocycles. The minimum absolute atomic E-state index is 0.0589. The highest BCUT2D eigenvalue weighted by molar-refractivity contribution is 8.14. The van der Waals surface area contributed by atoms with Crippen molar-refractivity contribution in [2.75, 3.05) is 12.0 Å². The van der Waals surface area contributed by atoms with Gasteiger partial charge >= 0.3 is 0 Å². The number of nitrogens with one attached hydrogen (secondary N) is 1. The maximum atomic E-state index is 12.2. The van der Waals surface area contributed by atoms with Crippen LogP contribution < -0.4 is 5.43 Å². The minimum Gasteiger partial charge on any atom is -0.500 e. The molecule has 1 aromatic heterocycles. The molecule has 0 spiro atoms. The molecular weight excluding hydrogens is 304 g/mol. The second kappa shape index (κ2) is 6.02. The molecular formula is C14H12N4O3S. The monoisotopic (exact) mass is 316 g/mol. The van der Waals surface area contributed by atoms with Crippen molar-refractivity contribution in [2.24, 2.45) is 0 Å². The predicted octanol–water partition coefficient (Wildman–Crippen LogP) is 1.57. The zero-order valence-electron chi connectivity index (χ0n) is 11.6. The highest BCUT2D eigenvalue weighted by atomic mass is 32.2. The summed E-state index contributed by atoms with van der Waals surface area (Å²) < 4.78 is 6.47. The summed E-state index contributed by atoms with van der Waals surface area (Å²) in [7, 11) is 0. The fourth-order valence-corrected chi connectivity index (χ4v) is 2.59. The van der Waals surface area contributed by atoms with E-state index in [4.69, 9.17) is 4.74 Å². The quantitative estimate of drug-likeness (QED) is 0.525. The second-order valence-corrected chi connectivity index (χ2v) is 5.26. The Morgan fingerprint density at radius 3 is 2.77 bits per heavy atom. The molecule has 0 aliphatic carbocycles. The molecule has 22 heavy (non-hydrogen) atoms. The molecule has 1 amide bonds. The lowest BCUT2D eigenvalue weighted by Gasteiger charge is -2.07. The predicted molar refractivity (Wildman–Crippen MR) is 80.4 cm³/mol. The number of ether oxygens (including phenoxy) is 1. The van der Waals surface area contributed by atoms with Gasteiger partial charge in [-0.3, -0.25) is 15.0 Å². The average molecular weight is 316 g/mol. The molecule has 0 saturated heterocycles. The summed E-state index contributed by atoms with van der Waals surface area (Å²) in [6.45, 7) is 2.14. The van der Waals surface area contributed by atoms with Crippen molar-refractivity contribution in [3.05, 3.63) is 42.2 Å². The lowest BCUT2D eigenvalue weighted by Crippen LogP contribution is -2.25. The van der Waals surface area contributed by atoms with Crippen LogP contribution in [0.15, 0.2) is 47.3 Å². The van der Waals surface area contributed by atoms with Crippen LogP contribution in [0.3, 0.4) is 0 Å². The van der Waals surface area contributed by atoms with Gasteiger partial charge in [-0.05, 0) is 18.7 Å². The molecule has 0 bridgehead atoms. The number of amides is 1. The van der Waals surface area contributed by atoms with E-state index < -0.39 is 11.0 Å². The van der Waals surface area contributed by atoms with Crippen molar-refractivity contribution in [2.45, 2.75) is 12.1 Å². The Bertz CT molecular complexity index is 755. The van der Waals surface area contributed by atoms with E-state index in [1.165, 1.54) is 10.9 Å². The van der Waals surface area contributed by atoms with E-state index in [2.05, 4.69) is 15.6 Å². The van der Waals surface area contributed by atoms with Gasteiger partial charge in [0.25, 0.3) is 5.91 Å². The molecule has 2 heterocycles. The van der Waals surface area contributed by atoms with Crippen molar-refractivity contribution in [3.63, 3.8) is 0 Å². The average Bonchev–Trinajstić information content (AvgIpc) is 2.86. The van der Waals surface area contributed by atoms with Crippen LogP contribution in [-0.2, 0) is 14.3 Å². The van der Waals surface area contributed by atoms with Crippen LogP contribution in [0.25, 0.3) is 11.4 Å². The standard InChI is InChI=1S/C14H12N4O3S/c1-2-21-8-10-12(19)17-18-11(9-6-4-3-5-7-9)15-16-14(18)22-13(10)20/h3-8H,2H2,1H3,(H,17,19). The number of aromatic nitrogens is 3. The number of nitrogens with zero attached hydrogens (tertiary/aromatic N) is 3. The topological polar surface area (TPSA) is 86.1 Å². The van der Waals surface area contributed by atoms with Crippen molar-refractivity contribution >= 4 is 22.8 Å². The number of carbonyl (C=O) groups is 2. The van der Waals surface area contributed by atoms with Crippen LogP contribution in [-0.4, -0.2) is 32.5 Å². The number of fused-ring (bicyclic) bond motifs is 1. The first-order valence-electron chi connectivity index (χ1n) is 6.57. The lowest BCUT2D eigenvalue weighted by molar-refractivity contribution is -0.116. The number of thioether (sulfide) groups is 1. The summed E-state index contributed by atoms with van der Waals surface area (Å²) in [6, 6.07) is 9.28. The van der Waals surface area contributed by atoms with Gasteiger partial charge in [0.15, 0.2) is 5.82 Å². The van der Waals surface area contributed by atoms with Crippen molar-refractivity contribution in [1.29, 1.82) is 0 Å². The Balaban J connectivity index is 2.00. The first kappa shape index (κ1) is 14.3. The molecule has 0 fully saturated rings. The highest BCUT2D eigenvalue weighted by Gasteiger charge is 2.29. The van der Waals surface area contributed by atoms with Gasteiger partial charge in [0.05, 0.1) is 6.61 Å². The Labute approximate surface area is 130 Å². The van der Waals surface area contributed by atoms with Crippen LogP contribution in [0.2, 0.25) is 0 Å². The molecule has 1 N–H and O–H groups in total. The Kier molecular flexibility index (Phi) is 3.92. The van der Waals surface area contributed by atoms with E-state index >= 15 is 0 Å². The first-order chi connectivity index (χ1) is 10.7. The molecule has 1 aliphatic heterocycles. The van der Waals surface area contributed by atoms with Crippen molar-refractivity contribution in [3.8, 4) is 11.4 Å². The Morgan fingerprint density at radius 1 is 1.27 bits per heavy atom. The van der Waals surface area contributed by atoms with E-state index in [1.54, 1.807) is 6.92 Å². The van der Waals surface area contributed by atoms with Crippen molar-refractivity contribution in [1.82, 2.24) is 14.9 Å². The van der Waals surface area contributed by atoms with Gasteiger partial charge in [0, 0.05) is 5.56 Å². The van der Waals surface area contributed by atoms with Gasteiger partial charge in [-0.2, -0.15) is 0 Å². The second-order valence-electron chi connectivity index (χ2n) is 4.32. The zero-order chi connectivity index (χ0) is 15.5. The summed E-state index contributed by atoms with van der Waals surface area (Å²) in [5.41, 5.74) is 3.35. The number of hydrogen-bond donors (Lipinski definition) is 1. The van der Waals surface area contributed by atoms with Gasteiger partial charge in [0.1, 0.15) is 11.8 Å². The normalized spacial score (nSPS) is 16.1. The van der Waals surface area contributed by atoms with E-state index in [9.17, 15) is 9.59 Å². The third kappa shape index (κ3) is 2.60. The molecule has 0 unspecified atom stereocenters. The number of carbonyl (C=O) groups excluding carboxylic acids is 2. The highest BCUT2D eigenvalue weighted by Crippen LogP contribution is 2.27. The molecule has 7 nitrogen and oxygen atoms in total. The number of rotatable bonds is 3. The minimum atomic E-state index is -0.554. The molecule has 112 valence electrons. The molecule has 0 atom stereocenters. The zero-order valence-corrected chi connectivity index (χ0v) is 12.5. The third-order valence-corrected chi connectivity index (χ3v) is 3.75. The lowest BCUT2D eigenvalue weighted by atomic mass is 10.2. The molecule has 8 heteroatoms. The van der Waals surface area contributed by atoms with Crippen LogP contribution >= 0.6 is 11.8 Å². The van der Waals surface area contributed by atoms with E-state index in [0.717, 1.165) is 17.3 Å². The molecule has 1 aliphatic rings. The largest absolute Gasteiger partial charge is 0.500 e. The van der Waals surface area contributed by atoms with Crippen LogP contribution in [0.4, 0.5) is 0 Å². The molecule has 0 radical (unpaired) electrons. The van der Waals surface area contributed by atoms with Crippen LogP contribution in [0, 0.1) is 0 Å². The van der Waals surface area contributed by atoms with E-state index in [-0.39, 0.29) is 5.57 Å². The van der Waals surface area contributed by atoms with Gasteiger partial charge in [-0.25, -0.2) is 4.68 Å². The van der Waals surface area contributed by atoms with Crippen molar-refractivity contribution < 1.29 is 14.3 Å². The fourth-order valence-electron chi connectivity index (χ4n) is 1.87. The summed E-state index contributed by atoms with van der Waals surface area (Å²) >= 11 is 0.829. The maximum Gasteiger partial charge on any atom is 0.277 e. The smallest absolute Gasteiger partial charge is 0.277 e. The van der Waals surface area contributed by atoms with Gasteiger partial charge in [0.2, 0.25) is 10.3 Å². The van der Waals surface area contributed by atoms with E-state index in [0.29, 0.717) is 17.6 Å². The SMILES string of the molecule is CCOC=C1C(=O)Nn2c(nnc2-c2ccccc2)SC1=O. The van der Waals surface area contributed by atoms with E-state index in [1.807, 2.05) is 30.3 Å². The number of benzene rings is 1. The Hall–Kier alpha value is -2.61. The van der Waals surface area contributed by atoms with Gasteiger partial charge in [-0.1, -0.05) is 30.3 Å². The first-order valence-corrected chi connectivity index (χ1v) is 7.38.